The van der Waals surface area contributed by atoms with E-state index in [1.165, 1.54) is 11.3 Å². The second kappa shape index (κ2) is 4.82. The predicted molar refractivity (Wildman–Crippen MR) is 78.8 cm³/mol. The Labute approximate surface area is 114 Å². The van der Waals surface area contributed by atoms with Crippen LogP contribution in [0.4, 0.5) is 5.13 Å². The number of carbonyl (C=O) groups is 1. The van der Waals surface area contributed by atoms with E-state index in [0.717, 1.165) is 16.5 Å². The number of hydrogen-bond donors (Lipinski definition) is 1. The quantitative estimate of drug-likeness (QED) is 0.767. The van der Waals surface area contributed by atoms with E-state index in [4.69, 9.17) is 0 Å². The highest BCUT2D eigenvalue weighted by atomic mass is 32.1. The minimum atomic E-state index is -0.125. The molecule has 0 bridgehead atoms. The number of fused-ring (bicyclic) bond motifs is 1. The largest absolute Gasteiger partial charge is 0.298 e. The lowest BCUT2D eigenvalue weighted by Crippen LogP contribution is -2.11. The van der Waals surface area contributed by atoms with Gasteiger partial charge in [0.15, 0.2) is 5.13 Å². The Morgan fingerprint density at radius 1 is 1.16 bits per heavy atom. The molecule has 94 valence electrons. The van der Waals surface area contributed by atoms with E-state index in [0.29, 0.717) is 10.7 Å². The molecule has 1 aromatic heterocycles. The monoisotopic (exact) mass is 268 g/mol. The maximum absolute atomic E-state index is 12.1. The number of thiazole rings is 1. The molecule has 0 fully saturated rings. The van der Waals surface area contributed by atoms with Crippen LogP contribution in [-0.2, 0) is 0 Å². The lowest BCUT2D eigenvalue weighted by Gasteiger charge is -2.03. The number of hydrogen-bond acceptors (Lipinski definition) is 3. The fraction of sp³-hybridized carbons (Fsp3) is 0.0667. The van der Waals surface area contributed by atoms with Crippen molar-refractivity contribution in [1.82, 2.24) is 4.98 Å². The SMILES string of the molecule is Cc1csc(NC(=O)c2ccc3ccccc3c2)n1. The van der Waals surface area contributed by atoms with Crippen LogP contribution >= 0.6 is 11.3 Å². The number of aromatic nitrogens is 1. The molecule has 0 aliphatic carbocycles. The zero-order valence-corrected chi connectivity index (χ0v) is 11.2. The van der Waals surface area contributed by atoms with Crippen LogP contribution < -0.4 is 5.32 Å². The van der Waals surface area contributed by atoms with Crippen molar-refractivity contribution >= 4 is 33.1 Å². The second-order valence-electron chi connectivity index (χ2n) is 4.31. The molecule has 0 atom stereocenters. The number of carbonyl (C=O) groups excluding carboxylic acids is 1. The van der Waals surface area contributed by atoms with Gasteiger partial charge in [0.05, 0.1) is 5.69 Å². The van der Waals surface area contributed by atoms with Crippen LogP contribution in [0.25, 0.3) is 10.8 Å². The van der Waals surface area contributed by atoms with Gasteiger partial charge in [-0.3, -0.25) is 10.1 Å². The maximum atomic E-state index is 12.1. The summed E-state index contributed by atoms with van der Waals surface area (Å²) in [5.74, 6) is -0.125. The summed E-state index contributed by atoms with van der Waals surface area (Å²) in [6, 6.07) is 13.7. The fourth-order valence-electron chi connectivity index (χ4n) is 1.91. The van der Waals surface area contributed by atoms with E-state index in [2.05, 4.69) is 10.3 Å². The highest BCUT2D eigenvalue weighted by Crippen LogP contribution is 2.18. The third-order valence-corrected chi connectivity index (χ3v) is 3.73. The van der Waals surface area contributed by atoms with E-state index in [1.807, 2.05) is 54.8 Å². The molecule has 1 amide bonds. The molecular formula is C15H12N2OS. The summed E-state index contributed by atoms with van der Waals surface area (Å²) in [5, 5.41) is 7.55. The van der Waals surface area contributed by atoms with Gasteiger partial charge in [0.2, 0.25) is 0 Å². The molecule has 0 aliphatic rings. The fourth-order valence-corrected chi connectivity index (χ4v) is 2.59. The van der Waals surface area contributed by atoms with Gasteiger partial charge >= 0.3 is 0 Å². The van der Waals surface area contributed by atoms with Gasteiger partial charge in [0.1, 0.15) is 0 Å². The summed E-state index contributed by atoms with van der Waals surface area (Å²) in [6.07, 6.45) is 0. The molecular weight excluding hydrogens is 256 g/mol. The van der Waals surface area contributed by atoms with Crippen molar-refractivity contribution < 1.29 is 4.79 Å². The molecule has 3 nitrogen and oxygen atoms in total. The van der Waals surface area contributed by atoms with Gasteiger partial charge < -0.3 is 0 Å². The molecule has 0 radical (unpaired) electrons. The zero-order valence-electron chi connectivity index (χ0n) is 10.4. The molecule has 1 N–H and O–H groups in total. The first-order valence-electron chi connectivity index (χ1n) is 5.95. The summed E-state index contributed by atoms with van der Waals surface area (Å²) in [4.78, 5) is 16.3. The molecule has 19 heavy (non-hydrogen) atoms. The van der Waals surface area contributed by atoms with E-state index in [1.54, 1.807) is 0 Å². The number of rotatable bonds is 2. The smallest absolute Gasteiger partial charge is 0.257 e. The van der Waals surface area contributed by atoms with Crippen LogP contribution in [-0.4, -0.2) is 10.9 Å². The molecule has 0 unspecified atom stereocenters. The molecule has 0 aliphatic heterocycles. The van der Waals surface area contributed by atoms with Crippen LogP contribution in [0.3, 0.4) is 0 Å². The average Bonchev–Trinajstić information content (AvgIpc) is 2.83. The summed E-state index contributed by atoms with van der Waals surface area (Å²) in [5.41, 5.74) is 1.56. The number of benzene rings is 2. The van der Waals surface area contributed by atoms with Crippen molar-refractivity contribution in [1.29, 1.82) is 0 Å². The topological polar surface area (TPSA) is 42.0 Å². The van der Waals surface area contributed by atoms with Crippen LogP contribution in [0, 0.1) is 6.92 Å². The minimum absolute atomic E-state index is 0.125. The van der Waals surface area contributed by atoms with Gasteiger partial charge in [0.25, 0.3) is 5.91 Å². The second-order valence-corrected chi connectivity index (χ2v) is 5.17. The van der Waals surface area contributed by atoms with E-state index in [9.17, 15) is 4.79 Å². The van der Waals surface area contributed by atoms with Crippen molar-refractivity contribution in [2.45, 2.75) is 6.92 Å². The number of aryl methyl sites for hydroxylation is 1. The number of nitrogens with one attached hydrogen (secondary N) is 1. The first-order chi connectivity index (χ1) is 9.22. The van der Waals surface area contributed by atoms with Crippen molar-refractivity contribution in [3.8, 4) is 0 Å². The standard InChI is InChI=1S/C15H12N2OS/c1-10-9-19-15(16-10)17-14(18)13-7-6-11-4-2-3-5-12(11)8-13/h2-9H,1H3,(H,16,17,18). The Hall–Kier alpha value is -2.20. The van der Waals surface area contributed by atoms with Crippen molar-refractivity contribution in [2.75, 3.05) is 5.32 Å². The molecule has 3 aromatic rings. The van der Waals surface area contributed by atoms with E-state index in [-0.39, 0.29) is 5.91 Å². The summed E-state index contributed by atoms with van der Waals surface area (Å²) in [7, 11) is 0. The van der Waals surface area contributed by atoms with Crippen molar-refractivity contribution in [3.05, 3.63) is 59.1 Å². The van der Waals surface area contributed by atoms with Crippen molar-refractivity contribution in [2.24, 2.45) is 0 Å². The van der Waals surface area contributed by atoms with Crippen LogP contribution in [0.5, 0.6) is 0 Å². The number of anilines is 1. The minimum Gasteiger partial charge on any atom is -0.298 e. The van der Waals surface area contributed by atoms with E-state index >= 15 is 0 Å². The molecule has 0 saturated carbocycles. The summed E-state index contributed by atoms with van der Waals surface area (Å²) in [6.45, 7) is 1.90. The first-order valence-corrected chi connectivity index (χ1v) is 6.82. The van der Waals surface area contributed by atoms with Crippen LogP contribution in [0.15, 0.2) is 47.8 Å². The van der Waals surface area contributed by atoms with Gasteiger partial charge in [-0.25, -0.2) is 4.98 Å². The molecule has 1 heterocycles. The highest BCUT2D eigenvalue weighted by Gasteiger charge is 2.08. The Balaban J connectivity index is 1.89. The van der Waals surface area contributed by atoms with Crippen LogP contribution in [0.1, 0.15) is 16.1 Å². The normalized spacial score (nSPS) is 10.6. The third kappa shape index (κ3) is 2.48. The Morgan fingerprint density at radius 3 is 2.68 bits per heavy atom. The molecule has 4 heteroatoms. The van der Waals surface area contributed by atoms with E-state index < -0.39 is 0 Å². The van der Waals surface area contributed by atoms with Gasteiger partial charge in [0, 0.05) is 10.9 Å². The molecule has 2 aromatic carbocycles. The Bertz CT molecular complexity index is 748. The highest BCUT2D eigenvalue weighted by molar-refractivity contribution is 7.13. The van der Waals surface area contributed by atoms with Crippen LogP contribution in [0.2, 0.25) is 0 Å². The Kier molecular flexibility index (Phi) is 3.01. The first kappa shape index (κ1) is 11.9. The summed E-state index contributed by atoms with van der Waals surface area (Å²) < 4.78 is 0. The lowest BCUT2D eigenvalue weighted by atomic mass is 10.1. The molecule has 0 spiro atoms. The number of amides is 1. The summed E-state index contributed by atoms with van der Waals surface area (Å²) >= 11 is 1.43. The molecule has 0 saturated heterocycles. The third-order valence-electron chi connectivity index (χ3n) is 2.85. The number of nitrogens with zero attached hydrogens (tertiary/aromatic N) is 1. The maximum Gasteiger partial charge on any atom is 0.257 e. The average molecular weight is 268 g/mol. The van der Waals surface area contributed by atoms with Gasteiger partial charge in [-0.1, -0.05) is 30.3 Å². The van der Waals surface area contributed by atoms with Gasteiger partial charge in [-0.15, -0.1) is 11.3 Å². The lowest BCUT2D eigenvalue weighted by molar-refractivity contribution is 0.102. The molecule has 3 rings (SSSR count). The Morgan fingerprint density at radius 2 is 1.95 bits per heavy atom. The zero-order chi connectivity index (χ0) is 13.2. The van der Waals surface area contributed by atoms with Gasteiger partial charge in [-0.05, 0) is 29.8 Å². The predicted octanol–water partition coefficient (Wildman–Crippen LogP) is 3.86. The van der Waals surface area contributed by atoms with Crippen molar-refractivity contribution in [3.63, 3.8) is 0 Å². The van der Waals surface area contributed by atoms with Gasteiger partial charge in [-0.2, -0.15) is 0 Å².